The summed E-state index contributed by atoms with van der Waals surface area (Å²) in [5, 5.41) is 0. The monoisotopic (exact) mass is 265 g/mol. The summed E-state index contributed by atoms with van der Waals surface area (Å²) >= 11 is 0. The van der Waals surface area contributed by atoms with Gasteiger partial charge < -0.3 is 0 Å². The number of Topliss-reactive ketones (excluding diaryl/α,β-unsaturated/α-hetero) is 1. The smallest absolute Gasteiger partial charge is 0.137 e. The summed E-state index contributed by atoms with van der Waals surface area (Å²) < 4.78 is 0. The van der Waals surface area contributed by atoms with Gasteiger partial charge in [-0.1, -0.05) is 33.6 Å². The van der Waals surface area contributed by atoms with Crippen LogP contribution in [0.2, 0.25) is 0 Å². The Morgan fingerprint density at radius 2 is 2.00 bits per heavy atom. The summed E-state index contributed by atoms with van der Waals surface area (Å²) in [6, 6.07) is 0.724. The molecule has 2 heteroatoms. The van der Waals surface area contributed by atoms with E-state index in [9.17, 15) is 4.79 Å². The van der Waals surface area contributed by atoms with E-state index in [0.717, 1.165) is 19.0 Å². The van der Waals surface area contributed by atoms with Gasteiger partial charge in [-0.3, -0.25) is 9.69 Å². The van der Waals surface area contributed by atoms with Crippen LogP contribution < -0.4 is 0 Å². The van der Waals surface area contributed by atoms with Gasteiger partial charge in [0.15, 0.2) is 0 Å². The second-order valence-electron chi connectivity index (χ2n) is 7.00. The van der Waals surface area contributed by atoms with Gasteiger partial charge in [-0.25, -0.2) is 0 Å². The molecule has 0 aromatic rings. The topological polar surface area (TPSA) is 20.3 Å². The number of hydrogen-bond acceptors (Lipinski definition) is 2. The van der Waals surface area contributed by atoms with E-state index in [0.29, 0.717) is 23.5 Å². The Balaban J connectivity index is 1.99. The van der Waals surface area contributed by atoms with Gasteiger partial charge in [0.25, 0.3) is 0 Å². The maximum atomic E-state index is 12.3. The Kier molecular flexibility index (Phi) is 5.44. The van der Waals surface area contributed by atoms with Crippen molar-refractivity contribution in [3.05, 3.63) is 0 Å². The molecule has 4 atom stereocenters. The van der Waals surface area contributed by atoms with Gasteiger partial charge in [0.1, 0.15) is 5.78 Å². The summed E-state index contributed by atoms with van der Waals surface area (Å²) in [6.45, 7) is 9.06. The lowest BCUT2D eigenvalue weighted by Gasteiger charge is -2.37. The van der Waals surface area contributed by atoms with Crippen LogP contribution in [0.5, 0.6) is 0 Å². The number of nitrogens with zero attached hydrogens (tertiary/aromatic N) is 1. The van der Waals surface area contributed by atoms with Crippen LogP contribution in [0, 0.1) is 17.8 Å². The molecule has 1 saturated carbocycles. The quantitative estimate of drug-likeness (QED) is 0.771. The summed E-state index contributed by atoms with van der Waals surface area (Å²) in [7, 11) is 0. The predicted octanol–water partition coefficient (Wildman–Crippen LogP) is 3.89. The van der Waals surface area contributed by atoms with Crippen molar-refractivity contribution in [1.29, 1.82) is 0 Å². The molecule has 0 aromatic carbocycles. The second kappa shape index (κ2) is 6.88. The average molecular weight is 265 g/mol. The minimum atomic E-state index is 0.309. The Morgan fingerprint density at radius 1 is 1.21 bits per heavy atom. The molecular formula is C17H31NO. The Bertz CT molecular complexity index is 302. The average Bonchev–Trinajstić information content (AvgIpc) is 2.58. The Hall–Kier alpha value is -0.370. The third-order valence-corrected chi connectivity index (χ3v) is 5.33. The van der Waals surface area contributed by atoms with Crippen molar-refractivity contribution >= 4 is 5.78 Å². The molecule has 0 aromatic heterocycles. The molecule has 0 amide bonds. The fourth-order valence-electron chi connectivity index (χ4n) is 4.17. The molecule has 19 heavy (non-hydrogen) atoms. The fourth-order valence-corrected chi connectivity index (χ4v) is 4.17. The molecule has 2 fully saturated rings. The van der Waals surface area contributed by atoms with Gasteiger partial charge in [-0.05, 0) is 44.1 Å². The molecule has 2 rings (SSSR count). The lowest BCUT2D eigenvalue weighted by molar-refractivity contribution is -0.129. The van der Waals surface area contributed by atoms with Gasteiger partial charge in [0, 0.05) is 24.9 Å². The van der Waals surface area contributed by atoms with Crippen molar-refractivity contribution in [1.82, 2.24) is 4.90 Å². The molecule has 2 aliphatic rings. The lowest BCUT2D eigenvalue weighted by Crippen LogP contribution is -2.44. The minimum Gasteiger partial charge on any atom is -0.300 e. The van der Waals surface area contributed by atoms with Gasteiger partial charge in [-0.15, -0.1) is 0 Å². The van der Waals surface area contributed by atoms with Crippen molar-refractivity contribution in [3.63, 3.8) is 0 Å². The van der Waals surface area contributed by atoms with Crippen LogP contribution in [0.4, 0.5) is 0 Å². The standard InChI is InChI=1S/C17H31NO/c1-4-15-8-6-5-7-9-18(15)12-16-14(3)10-13(2)11-17(16)19/h13-16H,4-12H2,1-3H3. The van der Waals surface area contributed by atoms with Crippen molar-refractivity contribution in [2.45, 2.75) is 71.8 Å². The Morgan fingerprint density at radius 3 is 2.68 bits per heavy atom. The highest BCUT2D eigenvalue weighted by Crippen LogP contribution is 2.32. The van der Waals surface area contributed by atoms with E-state index in [1.54, 1.807) is 0 Å². The van der Waals surface area contributed by atoms with Crippen molar-refractivity contribution in [3.8, 4) is 0 Å². The first-order valence-electron chi connectivity index (χ1n) is 8.38. The number of hydrogen-bond donors (Lipinski definition) is 0. The van der Waals surface area contributed by atoms with Crippen LogP contribution in [0.3, 0.4) is 0 Å². The number of carbonyl (C=O) groups is 1. The highest BCUT2D eigenvalue weighted by Gasteiger charge is 2.34. The van der Waals surface area contributed by atoms with E-state index in [4.69, 9.17) is 0 Å². The second-order valence-corrected chi connectivity index (χ2v) is 7.00. The molecule has 110 valence electrons. The van der Waals surface area contributed by atoms with Gasteiger partial charge >= 0.3 is 0 Å². The van der Waals surface area contributed by atoms with Crippen molar-refractivity contribution in [2.75, 3.05) is 13.1 Å². The zero-order valence-electron chi connectivity index (χ0n) is 13.0. The summed E-state index contributed by atoms with van der Waals surface area (Å²) in [6.07, 6.45) is 8.70. The fraction of sp³-hybridized carbons (Fsp3) is 0.941. The van der Waals surface area contributed by atoms with E-state index in [-0.39, 0.29) is 0 Å². The first-order chi connectivity index (χ1) is 9.11. The molecule has 0 N–H and O–H groups in total. The third kappa shape index (κ3) is 3.81. The third-order valence-electron chi connectivity index (χ3n) is 5.33. The zero-order chi connectivity index (χ0) is 13.8. The van der Waals surface area contributed by atoms with Gasteiger partial charge in [0.2, 0.25) is 0 Å². The van der Waals surface area contributed by atoms with Crippen LogP contribution in [-0.4, -0.2) is 29.8 Å². The maximum Gasteiger partial charge on any atom is 0.137 e. The lowest BCUT2D eigenvalue weighted by atomic mass is 9.74. The molecular weight excluding hydrogens is 234 g/mol. The van der Waals surface area contributed by atoms with Gasteiger partial charge in [0.05, 0.1) is 0 Å². The van der Waals surface area contributed by atoms with E-state index < -0.39 is 0 Å². The highest BCUT2D eigenvalue weighted by molar-refractivity contribution is 5.82. The van der Waals surface area contributed by atoms with Gasteiger partial charge in [-0.2, -0.15) is 0 Å². The molecule has 0 spiro atoms. The summed E-state index contributed by atoms with van der Waals surface area (Å²) in [4.78, 5) is 15.0. The van der Waals surface area contributed by atoms with E-state index in [1.807, 2.05) is 0 Å². The predicted molar refractivity (Wildman–Crippen MR) is 80.2 cm³/mol. The molecule has 1 saturated heterocycles. The summed E-state index contributed by atoms with van der Waals surface area (Å²) in [5.41, 5.74) is 0. The molecule has 0 radical (unpaired) electrons. The first kappa shape index (κ1) is 15.0. The SMILES string of the molecule is CCC1CCCCCN1CC1C(=O)CC(C)CC1C. The van der Waals surface area contributed by atoms with Crippen LogP contribution >= 0.6 is 0 Å². The van der Waals surface area contributed by atoms with E-state index >= 15 is 0 Å². The molecule has 1 aliphatic heterocycles. The van der Waals surface area contributed by atoms with Crippen molar-refractivity contribution < 1.29 is 4.79 Å². The molecule has 1 heterocycles. The van der Waals surface area contributed by atoms with Crippen LogP contribution in [0.25, 0.3) is 0 Å². The van der Waals surface area contributed by atoms with Crippen LogP contribution in [0.1, 0.15) is 65.7 Å². The normalized spacial score (nSPS) is 38.2. The van der Waals surface area contributed by atoms with Crippen LogP contribution in [0.15, 0.2) is 0 Å². The number of likely N-dealkylation sites (tertiary alicyclic amines) is 1. The maximum absolute atomic E-state index is 12.3. The largest absolute Gasteiger partial charge is 0.300 e. The van der Waals surface area contributed by atoms with E-state index in [2.05, 4.69) is 25.7 Å². The minimum absolute atomic E-state index is 0.309. The Labute approximate surface area is 118 Å². The zero-order valence-corrected chi connectivity index (χ0v) is 13.0. The summed E-state index contributed by atoms with van der Waals surface area (Å²) in [5.74, 6) is 2.02. The van der Waals surface area contributed by atoms with Crippen LogP contribution in [-0.2, 0) is 4.79 Å². The number of rotatable bonds is 3. The first-order valence-corrected chi connectivity index (χ1v) is 8.38. The van der Waals surface area contributed by atoms with E-state index in [1.165, 1.54) is 45.1 Å². The highest BCUT2D eigenvalue weighted by atomic mass is 16.1. The molecule has 0 bridgehead atoms. The number of ketones is 1. The molecule has 2 nitrogen and oxygen atoms in total. The molecule has 4 unspecified atom stereocenters. The molecule has 1 aliphatic carbocycles. The number of carbonyl (C=O) groups excluding carboxylic acids is 1. The van der Waals surface area contributed by atoms with Crippen molar-refractivity contribution in [2.24, 2.45) is 17.8 Å².